The van der Waals surface area contributed by atoms with E-state index in [2.05, 4.69) is 5.32 Å². The van der Waals surface area contributed by atoms with Gasteiger partial charge < -0.3 is 10.1 Å². The Morgan fingerprint density at radius 1 is 1.28 bits per heavy atom. The van der Waals surface area contributed by atoms with E-state index in [1.54, 1.807) is 6.07 Å². The van der Waals surface area contributed by atoms with Gasteiger partial charge in [-0.05, 0) is 36.1 Å². The zero-order valence-electron chi connectivity index (χ0n) is 16.0. The van der Waals surface area contributed by atoms with Gasteiger partial charge in [0.2, 0.25) is 5.91 Å². The number of hydrogen-bond donors (Lipinski definition) is 1. The molecule has 2 amide bonds. The Hall–Kier alpha value is -3.13. The van der Waals surface area contributed by atoms with Crippen LogP contribution >= 0.6 is 11.6 Å². The Morgan fingerprint density at radius 3 is 2.69 bits per heavy atom. The van der Waals surface area contributed by atoms with Gasteiger partial charge in [-0.1, -0.05) is 31.5 Å². The van der Waals surface area contributed by atoms with E-state index in [0.29, 0.717) is 29.3 Å². The van der Waals surface area contributed by atoms with Crippen LogP contribution in [0.5, 0.6) is 5.75 Å². The highest BCUT2D eigenvalue weighted by molar-refractivity contribution is 6.32. The number of benzene rings is 2. The lowest BCUT2D eigenvalue weighted by atomic mass is 10.0. The van der Waals surface area contributed by atoms with Crippen molar-refractivity contribution in [3.05, 3.63) is 56.6 Å². The number of aryl methyl sites for hydroxylation is 1. The summed E-state index contributed by atoms with van der Waals surface area (Å²) in [5.74, 6) is -0.565. The fourth-order valence-corrected chi connectivity index (χ4v) is 3.56. The summed E-state index contributed by atoms with van der Waals surface area (Å²) in [7, 11) is 0. The van der Waals surface area contributed by atoms with Gasteiger partial charge in [0.15, 0.2) is 6.61 Å². The van der Waals surface area contributed by atoms with Crippen LogP contribution in [0.25, 0.3) is 0 Å². The van der Waals surface area contributed by atoms with Crippen molar-refractivity contribution in [3.63, 3.8) is 0 Å². The highest BCUT2D eigenvalue weighted by atomic mass is 35.5. The third kappa shape index (κ3) is 4.17. The maximum atomic E-state index is 12.8. The highest BCUT2D eigenvalue weighted by Crippen LogP contribution is 2.35. The largest absolute Gasteiger partial charge is 0.482 e. The minimum Gasteiger partial charge on any atom is -0.482 e. The van der Waals surface area contributed by atoms with Gasteiger partial charge in [0.25, 0.3) is 11.6 Å². The molecular formula is C20H20ClN3O5. The standard InChI is InChI=1S/C20H20ClN3O5/c1-3-12-5-7-15(21)14(4-2)20(12)22-18(25)10-23-16-9-13(24(27)28)6-8-17(16)29-11-19(23)26/h5-9H,3-4,10-11H2,1-2H3,(H,22,25). The van der Waals surface area contributed by atoms with E-state index < -0.39 is 16.7 Å². The molecule has 2 aromatic carbocycles. The maximum absolute atomic E-state index is 12.8. The van der Waals surface area contributed by atoms with Gasteiger partial charge in [0.1, 0.15) is 12.3 Å². The quantitative estimate of drug-likeness (QED) is 0.569. The van der Waals surface area contributed by atoms with Crippen molar-refractivity contribution >= 4 is 40.5 Å². The van der Waals surface area contributed by atoms with Gasteiger partial charge in [0, 0.05) is 22.8 Å². The number of non-ortho nitro benzene ring substituents is 1. The monoisotopic (exact) mass is 417 g/mol. The van der Waals surface area contributed by atoms with Crippen molar-refractivity contribution in [1.29, 1.82) is 0 Å². The average molecular weight is 418 g/mol. The number of amides is 2. The molecule has 0 bridgehead atoms. The molecule has 1 aliphatic heterocycles. The number of nitro groups is 1. The number of nitrogens with one attached hydrogen (secondary N) is 1. The van der Waals surface area contributed by atoms with Crippen LogP contribution in [0.3, 0.4) is 0 Å². The van der Waals surface area contributed by atoms with E-state index in [9.17, 15) is 19.7 Å². The number of fused-ring (bicyclic) bond motifs is 1. The van der Waals surface area contributed by atoms with Crippen LogP contribution < -0.4 is 15.0 Å². The molecule has 0 saturated heterocycles. The van der Waals surface area contributed by atoms with Crippen molar-refractivity contribution in [2.45, 2.75) is 26.7 Å². The summed E-state index contributed by atoms with van der Waals surface area (Å²) < 4.78 is 5.33. The maximum Gasteiger partial charge on any atom is 0.271 e. The van der Waals surface area contributed by atoms with Crippen LogP contribution in [-0.2, 0) is 22.4 Å². The number of nitrogens with zero attached hydrogens (tertiary/aromatic N) is 2. The van der Waals surface area contributed by atoms with Crippen molar-refractivity contribution in [2.24, 2.45) is 0 Å². The van der Waals surface area contributed by atoms with E-state index in [1.165, 1.54) is 23.1 Å². The molecule has 8 nitrogen and oxygen atoms in total. The first-order valence-corrected chi connectivity index (χ1v) is 9.55. The molecule has 0 radical (unpaired) electrons. The number of anilines is 2. The molecule has 1 aliphatic rings. The molecule has 0 atom stereocenters. The van der Waals surface area contributed by atoms with Crippen LogP contribution in [0.2, 0.25) is 5.02 Å². The summed E-state index contributed by atoms with van der Waals surface area (Å²) in [6.07, 6.45) is 1.33. The summed E-state index contributed by atoms with van der Waals surface area (Å²) in [5, 5.41) is 14.5. The fourth-order valence-electron chi connectivity index (χ4n) is 3.27. The second-order valence-electron chi connectivity index (χ2n) is 6.49. The molecule has 0 saturated carbocycles. The molecule has 29 heavy (non-hydrogen) atoms. The molecule has 0 unspecified atom stereocenters. The first-order valence-electron chi connectivity index (χ1n) is 9.17. The van der Waals surface area contributed by atoms with Crippen molar-refractivity contribution in [3.8, 4) is 5.75 Å². The third-order valence-electron chi connectivity index (χ3n) is 4.74. The molecular weight excluding hydrogens is 398 g/mol. The molecule has 2 aromatic rings. The van der Waals surface area contributed by atoms with Gasteiger partial charge in [0.05, 0.1) is 10.6 Å². The lowest BCUT2D eigenvalue weighted by Crippen LogP contribution is -2.43. The summed E-state index contributed by atoms with van der Waals surface area (Å²) in [5.41, 5.74) is 2.41. The predicted octanol–water partition coefficient (Wildman–Crippen LogP) is 3.74. The number of carbonyl (C=O) groups is 2. The molecule has 3 rings (SSSR count). The molecule has 0 aliphatic carbocycles. The molecule has 1 heterocycles. The van der Waals surface area contributed by atoms with Gasteiger partial charge in [-0.15, -0.1) is 0 Å². The molecule has 1 N–H and O–H groups in total. The van der Waals surface area contributed by atoms with E-state index in [-0.39, 0.29) is 24.5 Å². The number of carbonyl (C=O) groups excluding carboxylic acids is 2. The van der Waals surface area contributed by atoms with E-state index >= 15 is 0 Å². The normalized spacial score (nSPS) is 12.9. The molecule has 0 aromatic heterocycles. The number of rotatable bonds is 6. The smallest absolute Gasteiger partial charge is 0.271 e. The summed E-state index contributed by atoms with van der Waals surface area (Å²) in [6.45, 7) is 3.38. The van der Waals surface area contributed by atoms with Gasteiger partial charge in [-0.25, -0.2) is 0 Å². The second kappa shape index (κ2) is 8.48. The van der Waals surface area contributed by atoms with E-state index in [4.69, 9.17) is 16.3 Å². The van der Waals surface area contributed by atoms with E-state index in [1.807, 2.05) is 19.9 Å². The van der Waals surface area contributed by atoms with Crippen LogP contribution in [0.4, 0.5) is 17.1 Å². The van der Waals surface area contributed by atoms with Crippen molar-refractivity contribution in [2.75, 3.05) is 23.4 Å². The molecule has 0 spiro atoms. The summed E-state index contributed by atoms with van der Waals surface area (Å²) in [4.78, 5) is 36.8. The Morgan fingerprint density at radius 2 is 2.03 bits per heavy atom. The Labute approximate surface area is 172 Å². The van der Waals surface area contributed by atoms with Gasteiger partial charge in [-0.3, -0.25) is 24.6 Å². The first-order chi connectivity index (χ1) is 13.8. The van der Waals surface area contributed by atoms with Crippen LogP contribution in [0, 0.1) is 10.1 Å². The Kier molecular flexibility index (Phi) is 6.03. The third-order valence-corrected chi connectivity index (χ3v) is 5.09. The predicted molar refractivity (Wildman–Crippen MR) is 110 cm³/mol. The van der Waals surface area contributed by atoms with Crippen LogP contribution in [0.1, 0.15) is 25.0 Å². The second-order valence-corrected chi connectivity index (χ2v) is 6.90. The van der Waals surface area contributed by atoms with Crippen molar-refractivity contribution < 1.29 is 19.2 Å². The van der Waals surface area contributed by atoms with Gasteiger partial charge >= 0.3 is 0 Å². The highest BCUT2D eigenvalue weighted by Gasteiger charge is 2.29. The SMILES string of the molecule is CCc1ccc(Cl)c(CC)c1NC(=O)CN1C(=O)COc2ccc([N+](=O)[O-])cc21. The molecule has 9 heteroatoms. The Balaban J connectivity index is 1.89. The number of hydrogen-bond acceptors (Lipinski definition) is 5. The minimum absolute atomic E-state index is 0.191. The van der Waals surface area contributed by atoms with E-state index in [0.717, 1.165) is 11.1 Å². The number of ether oxygens (including phenoxy) is 1. The molecule has 0 fully saturated rings. The zero-order chi connectivity index (χ0) is 21.1. The summed E-state index contributed by atoms with van der Waals surface area (Å²) in [6, 6.07) is 7.60. The topological polar surface area (TPSA) is 102 Å². The average Bonchev–Trinajstić information content (AvgIpc) is 2.70. The number of nitro benzene ring substituents is 1. The lowest BCUT2D eigenvalue weighted by molar-refractivity contribution is -0.384. The molecule has 152 valence electrons. The van der Waals surface area contributed by atoms with Crippen LogP contribution in [0.15, 0.2) is 30.3 Å². The zero-order valence-corrected chi connectivity index (χ0v) is 16.8. The summed E-state index contributed by atoms with van der Waals surface area (Å²) >= 11 is 6.27. The fraction of sp³-hybridized carbons (Fsp3) is 0.300. The van der Waals surface area contributed by atoms with Gasteiger partial charge in [-0.2, -0.15) is 0 Å². The number of halogens is 1. The Bertz CT molecular complexity index is 992. The first kappa shape index (κ1) is 20.6. The lowest BCUT2D eigenvalue weighted by Gasteiger charge is -2.29. The minimum atomic E-state index is -0.565. The van der Waals surface area contributed by atoms with Crippen molar-refractivity contribution in [1.82, 2.24) is 0 Å². The van der Waals surface area contributed by atoms with Crippen LogP contribution in [-0.4, -0.2) is 29.9 Å².